The van der Waals surface area contributed by atoms with E-state index in [0.29, 0.717) is 0 Å². The Bertz CT molecular complexity index is 1920. The number of halogens is 1. The molecular weight excluding hydrogens is 526 g/mol. The summed E-state index contributed by atoms with van der Waals surface area (Å²) in [6.07, 6.45) is 0. The van der Waals surface area contributed by atoms with Crippen LogP contribution in [0.5, 0.6) is 0 Å². The van der Waals surface area contributed by atoms with Gasteiger partial charge < -0.3 is 4.57 Å². The van der Waals surface area contributed by atoms with Crippen LogP contribution in [0.3, 0.4) is 0 Å². The number of benzene rings is 6. The van der Waals surface area contributed by atoms with Crippen LogP contribution < -0.4 is 0 Å². The molecule has 0 atom stereocenters. The van der Waals surface area contributed by atoms with Crippen LogP contribution in [0.15, 0.2) is 150 Å². The summed E-state index contributed by atoms with van der Waals surface area (Å²) in [6, 6.07) is 52.3. The number of aromatic nitrogens is 1. The van der Waals surface area contributed by atoms with Gasteiger partial charge in [-0.2, -0.15) is 0 Å². The van der Waals surface area contributed by atoms with E-state index in [1.165, 1.54) is 60.9 Å². The molecule has 0 N–H and O–H groups in total. The maximum absolute atomic E-state index is 3.61. The van der Waals surface area contributed by atoms with Gasteiger partial charge in [-0.25, -0.2) is 0 Å². The van der Waals surface area contributed by atoms with Gasteiger partial charge in [-0.1, -0.05) is 113 Å². The SMILES string of the molecule is Brc1cccc(-c2cccc(-c3ccc4c5cc(-c6ccccc6)ccc5n(-c5ccccc5)c4c3)c2)c1. The van der Waals surface area contributed by atoms with Crippen molar-refractivity contribution < 1.29 is 0 Å². The fourth-order valence-electron chi connectivity index (χ4n) is 5.41. The minimum absolute atomic E-state index is 1.09. The second-order valence-electron chi connectivity index (χ2n) is 9.59. The highest BCUT2D eigenvalue weighted by atomic mass is 79.9. The summed E-state index contributed by atoms with van der Waals surface area (Å²) in [7, 11) is 0. The van der Waals surface area contributed by atoms with Gasteiger partial charge in [0.1, 0.15) is 0 Å². The van der Waals surface area contributed by atoms with Crippen LogP contribution in [0.25, 0.3) is 60.9 Å². The molecule has 0 saturated carbocycles. The summed E-state index contributed by atoms with van der Waals surface area (Å²) in [5.41, 5.74) is 10.9. The number of hydrogen-bond donors (Lipinski definition) is 0. The Morgan fingerprint density at radius 3 is 1.68 bits per heavy atom. The second kappa shape index (κ2) is 9.48. The molecule has 0 spiro atoms. The summed E-state index contributed by atoms with van der Waals surface area (Å²) in [6.45, 7) is 0. The minimum atomic E-state index is 1.09. The van der Waals surface area contributed by atoms with Crippen molar-refractivity contribution in [2.45, 2.75) is 0 Å². The van der Waals surface area contributed by atoms with E-state index in [4.69, 9.17) is 0 Å². The molecule has 0 aliphatic rings. The molecule has 6 aromatic carbocycles. The highest BCUT2D eigenvalue weighted by Gasteiger charge is 2.15. The normalized spacial score (nSPS) is 11.3. The molecule has 180 valence electrons. The van der Waals surface area contributed by atoms with Crippen molar-refractivity contribution in [3.05, 3.63) is 150 Å². The van der Waals surface area contributed by atoms with E-state index in [9.17, 15) is 0 Å². The number of rotatable bonds is 4. The molecule has 0 fully saturated rings. The van der Waals surface area contributed by atoms with Gasteiger partial charge >= 0.3 is 0 Å². The molecule has 1 aromatic heterocycles. The molecule has 1 heterocycles. The third kappa shape index (κ3) is 4.04. The molecule has 0 saturated heterocycles. The Kier molecular flexibility index (Phi) is 5.68. The first-order chi connectivity index (χ1) is 18.7. The van der Waals surface area contributed by atoms with E-state index < -0.39 is 0 Å². The zero-order valence-electron chi connectivity index (χ0n) is 20.7. The Hall–Kier alpha value is -4.40. The van der Waals surface area contributed by atoms with Crippen LogP contribution in [0, 0.1) is 0 Å². The number of nitrogens with zero attached hydrogens (tertiary/aromatic N) is 1. The molecule has 0 aliphatic heterocycles. The van der Waals surface area contributed by atoms with Gasteiger partial charge in [0.2, 0.25) is 0 Å². The Morgan fingerprint density at radius 1 is 0.368 bits per heavy atom. The lowest BCUT2D eigenvalue weighted by molar-refractivity contribution is 1.18. The fourth-order valence-corrected chi connectivity index (χ4v) is 5.81. The van der Waals surface area contributed by atoms with Crippen molar-refractivity contribution >= 4 is 37.7 Å². The van der Waals surface area contributed by atoms with Crippen molar-refractivity contribution in [2.24, 2.45) is 0 Å². The minimum Gasteiger partial charge on any atom is -0.309 e. The Labute approximate surface area is 230 Å². The van der Waals surface area contributed by atoms with Crippen LogP contribution in [-0.4, -0.2) is 4.57 Å². The predicted molar refractivity (Wildman–Crippen MR) is 165 cm³/mol. The summed E-state index contributed by atoms with van der Waals surface area (Å²) >= 11 is 3.61. The molecule has 1 nitrogen and oxygen atoms in total. The van der Waals surface area contributed by atoms with Gasteiger partial charge in [-0.05, 0) is 81.9 Å². The lowest BCUT2D eigenvalue weighted by Gasteiger charge is -2.10. The molecule has 0 amide bonds. The van der Waals surface area contributed by atoms with Crippen molar-refractivity contribution in [1.82, 2.24) is 4.57 Å². The monoisotopic (exact) mass is 549 g/mol. The second-order valence-corrected chi connectivity index (χ2v) is 10.5. The Balaban J connectivity index is 1.44. The lowest BCUT2D eigenvalue weighted by Crippen LogP contribution is -1.93. The summed E-state index contributed by atoms with van der Waals surface area (Å²) in [4.78, 5) is 0. The third-order valence-corrected chi connectivity index (χ3v) is 7.73. The van der Waals surface area contributed by atoms with E-state index in [0.717, 1.165) is 4.47 Å². The van der Waals surface area contributed by atoms with Gasteiger partial charge in [0.15, 0.2) is 0 Å². The average molecular weight is 550 g/mol. The van der Waals surface area contributed by atoms with E-state index in [2.05, 4.69) is 166 Å². The molecule has 0 radical (unpaired) electrons. The molecule has 0 unspecified atom stereocenters. The quantitative estimate of drug-likeness (QED) is 0.205. The third-order valence-electron chi connectivity index (χ3n) is 7.24. The van der Waals surface area contributed by atoms with Crippen molar-refractivity contribution in [3.8, 4) is 39.1 Å². The highest BCUT2D eigenvalue weighted by molar-refractivity contribution is 9.10. The topological polar surface area (TPSA) is 4.93 Å². The molecule has 7 rings (SSSR count). The maximum Gasteiger partial charge on any atom is 0.0547 e. The van der Waals surface area contributed by atoms with Gasteiger partial charge in [-0.15, -0.1) is 0 Å². The first-order valence-corrected chi connectivity index (χ1v) is 13.6. The standard InChI is InChI=1S/C36H24BrN/c37-31-14-8-13-28(22-31)26-11-7-12-27(21-26)30-17-19-33-34-23-29(25-9-3-1-4-10-25)18-20-35(34)38(36(33)24-30)32-15-5-2-6-16-32/h1-24H. The number of fused-ring (bicyclic) bond motifs is 3. The number of para-hydroxylation sites is 1. The summed E-state index contributed by atoms with van der Waals surface area (Å²) in [5.74, 6) is 0. The van der Waals surface area contributed by atoms with E-state index in [1.54, 1.807) is 0 Å². The van der Waals surface area contributed by atoms with Gasteiger partial charge in [-0.3, -0.25) is 0 Å². The van der Waals surface area contributed by atoms with Crippen LogP contribution in [-0.2, 0) is 0 Å². The molecule has 2 heteroatoms. The van der Waals surface area contributed by atoms with Crippen LogP contribution in [0.4, 0.5) is 0 Å². The average Bonchev–Trinajstić information content (AvgIpc) is 3.31. The molecule has 0 bridgehead atoms. The van der Waals surface area contributed by atoms with E-state index in [1.807, 2.05) is 0 Å². The van der Waals surface area contributed by atoms with Crippen molar-refractivity contribution in [2.75, 3.05) is 0 Å². The summed E-state index contributed by atoms with van der Waals surface area (Å²) < 4.78 is 3.48. The predicted octanol–water partition coefficient (Wildman–Crippen LogP) is 10.5. The molecule has 7 aromatic rings. The van der Waals surface area contributed by atoms with Crippen LogP contribution in [0.1, 0.15) is 0 Å². The van der Waals surface area contributed by atoms with Crippen LogP contribution in [0.2, 0.25) is 0 Å². The smallest absolute Gasteiger partial charge is 0.0547 e. The number of hydrogen-bond acceptors (Lipinski definition) is 0. The molecule has 0 aliphatic carbocycles. The fraction of sp³-hybridized carbons (Fsp3) is 0. The highest BCUT2D eigenvalue weighted by Crippen LogP contribution is 2.37. The lowest BCUT2D eigenvalue weighted by atomic mass is 9.98. The van der Waals surface area contributed by atoms with E-state index in [-0.39, 0.29) is 0 Å². The zero-order chi connectivity index (χ0) is 25.5. The first-order valence-electron chi connectivity index (χ1n) is 12.8. The summed E-state index contributed by atoms with van der Waals surface area (Å²) in [5, 5.41) is 2.52. The van der Waals surface area contributed by atoms with Gasteiger partial charge in [0, 0.05) is 20.9 Å². The zero-order valence-corrected chi connectivity index (χ0v) is 22.3. The first kappa shape index (κ1) is 22.8. The van der Waals surface area contributed by atoms with Crippen molar-refractivity contribution in [3.63, 3.8) is 0 Å². The van der Waals surface area contributed by atoms with Gasteiger partial charge in [0.05, 0.1) is 11.0 Å². The largest absolute Gasteiger partial charge is 0.309 e. The maximum atomic E-state index is 3.61. The van der Waals surface area contributed by atoms with E-state index >= 15 is 0 Å². The molecular formula is C36H24BrN. The van der Waals surface area contributed by atoms with Crippen LogP contribution >= 0.6 is 15.9 Å². The Morgan fingerprint density at radius 2 is 0.947 bits per heavy atom. The van der Waals surface area contributed by atoms with Crippen molar-refractivity contribution in [1.29, 1.82) is 0 Å². The van der Waals surface area contributed by atoms with Gasteiger partial charge in [0.25, 0.3) is 0 Å². The molecule has 38 heavy (non-hydrogen) atoms.